The largest absolute Gasteiger partial charge is 0.489 e. The number of hydrogen-bond donors (Lipinski definition) is 0. The quantitative estimate of drug-likeness (QED) is 0.801. The van der Waals surface area contributed by atoms with Crippen molar-refractivity contribution in [2.24, 2.45) is 0 Å². The van der Waals surface area contributed by atoms with Gasteiger partial charge < -0.3 is 14.2 Å². The molecular formula is C16H14O4. The van der Waals surface area contributed by atoms with Crippen LogP contribution in [-0.4, -0.2) is 19.5 Å². The zero-order chi connectivity index (χ0) is 13.8. The summed E-state index contributed by atoms with van der Waals surface area (Å²) >= 11 is 0. The van der Waals surface area contributed by atoms with Crippen LogP contribution in [0.3, 0.4) is 0 Å². The summed E-state index contributed by atoms with van der Waals surface area (Å²) in [5, 5.41) is 0. The van der Waals surface area contributed by atoms with Crippen molar-refractivity contribution < 1.29 is 19.0 Å². The summed E-state index contributed by atoms with van der Waals surface area (Å²) in [6, 6.07) is 12.8. The Morgan fingerprint density at radius 3 is 2.50 bits per heavy atom. The molecule has 0 unspecified atom stereocenters. The fraction of sp³-hybridized carbons (Fsp3) is 0.188. The SMILES string of the molecule is O=Cc1ccc(OCc2ccc3c(c2)OCCO3)cc1. The molecule has 20 heavy (non-hydrogen) atoms. The molecule has 0 atom stereocenters. The lowest BCUT2D eigenvalue weighted by Gasteiger charge is -2.18. The van der Waals surface area contributed by atoms with Gasteiger partial charge >= 0.3 is 0 Å². The maximum atomic E-state index is 10.6. The van der Waals surface area contributed by atoms with Gasteiger partial charge in [0.1, 0.15) is 31.9 Å². The van der Waals surface area contributed by atoms with Crippen LogP contribution in [0.1, 0.15) is 15.9 Å². The third kappa shape index (κ3) is 2.74. The maximum Gasteiger partial charge on any atom is 0.161 e. The minimum atomic E-state index is 0.442. The summed E-state index contributed by atoms with van der Waals surface area (Å²) in [7, 11) is 0. The van der Waals surface area contributed by atoms with Crippen LogP contribution in [-0.2, 0) is 6.61 Å². The van der Waals surface area contributed by atoms with E-state index in [1.54, 1.807) is 24.3 Å². The highest BCUT2D eigenvalue weighted by molar-refractivity contribution is 5.74. The number of rotatable bonds is 4. The first-order valence-corrected chi connectivity index (χ1v) is 6.42. The van der Waals surface area contributed by atoms with E-state index in [0.29, 0.717) is 25.4 Å². The van der Waals surface area contributed by atoms with E-state index in [0.717, 1.165) is 29.1 Å². The van der Waals surface area contributed by atoms with Crippen LogP contribution in [0, 0.1) is 0 Å². The summed E-state index contributed by atoms with van der Waals surface area (Å²) in [4.78, 5) is 10.6. The number of ether oxygens (including phenoxy) is 3. The Hall–Kier alpha value is -2.49. The molecule has 1 aliphatic heterocycles. The molecule has 2 aromatic carbocycles. The number of hydrogen-bond acceptors (Lipinski definition) is 4. The number of fused-ring (bicyclic) bond motifs is 1. The fourth-order valence-corrected chi connectivity index (χ4v) is 1.99. The number of carbonyl (C=O) groups excluding carboxylic acids is 1. The summed E-state index contributed by atoms with van der Waals surface area (Å²) in [6.07, 6.45) is 0.810. The topological polar surface area (TPSA) is 44.8 Å². The van der Waals surface area contributed by atoms with E-state index >= 15 is 0 Å². The van der Waals surface area contributed by atoms with Gasteiger partial charge in [0.2, 0.25) is 0 Å². The Morgan fingerprint density at radius 1 is 1.00 bits per heavy atom. The van der Waals surface area contributed by atoms with Crippen LogP contribution >= 0.6 is 0 Å². The highest BCUT2D eigenvalue weighted by Crippen LogP contribution is 2.31. The second-order valence-electron chi connectivity index (χ2n) is 4.45. The van der Waals surface area contributed by atoms with E-state index in [4.69, 9.17) is 14.2 Å². The number of benzene rings is 2. The smallest absolute Gasteiger partial charge is 0.161 e. The molecule has 4 nitrogen and oxygen atoms in total. The van der Waals surface area contributed by atoms with Crippen molar-refractivity contribution in [2.75, 3.05) is 13.2 Å². The summed E-state index contributed by atoms with van der Waals surface area (Å²) < 4.78 is 16.7. The monoisotopic (exact) mass is 270 g/mol. The average molecular weight is 270 g/mol. The summed E-state index contributed by atoms with van der Waals surface area (Å²) in [5.74, 6) is 2.26. The molecule has 0 amide bonds. The van der Waals surface area contributed by atoms with Gasteiger partial charge in [-0.05, 0) is 42.0 Å². The maximum absolute atomic E-state index is 10.6. The Morgan fingerprint density at radius 2 is 1.75 bits per heavy atom. The molecule has 0 saturated carbocycles. The van der Waals surface area contributed by atoms with Crippen molar-refractivity contribution in [3.63, 3.8) is 0 Å². The molecule has 4 heteroatoms. The average Bonchev–Trinajstić information content (AvgIpc) is 2.53. The van der Waals surface area contributed by atoms with Crippen LogP contribution in [0.2, 0.25) is 0 Å². The molecule has 1 aliphatic rings. The summed E-state index contributed by atoms with van der Waals surface area (Å²) in [6.45, 7) is 1.60. The van der Waals surface area contributed by atoms with Crippen LogP contribution in [0.25, 0.3) is 0 Å². The molecule has 0 aliphatic carbocycles. The second-order valence-corrected chi connectivity index (χ2v) is 4.45. The van der Waals surface area contributed by atoms with Crippen LogP contribution in [0.15, 0.2) is 42.5 Å². The van der Waals surface area contributed by atoms with E-state index in [-0.39, 0.29) is 0 Å². The van der Waals surface area contributed by atoms with Gasteiger partial charge in [0.25, 0.3) is 0 Å². The van der Waals surface area contributed by atoms with Gasteiger partial charge in [-0.25, -0.2) is 0 Å². The van der Waals surface area contributed by atoms with Crippen LogP contribution in [0.5, 0.6) is 17.2 Å². The Labute approximate surface area is 116 Å². The molecule has 0 aromatic heterocycles. The lowest BCUT2D eigenvalue weighted by molar-refractivity contribution is 0.112. The predicted molar refractivity (Wildman–Crippen MR) is 73.6 cm³/mol. The van der Waals surface area contributed by atoms with Gasteiger partial charge in [-0.15, -0.1) is 0 Å². The molecule has 0 radical (unpaired) electrons. The van der Waals surface area contributed by atoms with Gasteiger partial charge in [0, 0.05) is 5.56 Å². The van der Waals surface area contributed by atoms with Crippen molar-refractivity contribution in [3.05, 3.63) is 53.6 Å². The molecule has 1 heterocycles. The standard InChI is InChI=1S/C16H14O4/c17-10-12-1-4-14(5-2-12)20-11-13-3-6-15-16(9-13)19-8-7-18-15/h1-6,9-10H,7-8,11H2. The Balaban J connectivity index is 1.66. The first-order valence-electron chi connectivity index (χ1n) is 6.42. The van der Waals surface area contributed by atoms with E-state index < -0.39 is 0 Å². The fourth-order valence-electron chi connectivity index (χ4n) is 1.99. The molecule has 0 saturated heterocycles. The zero-order valence-electron chi connectivity index (χ0n) is 10.9. The third-order valence-electron chi connectivity index (χ3n) is 3.03. The number of carbonyl (C=O) groups is 1. The van der Waals surface area contributed by atoms with E-state index in [9.17, 15) is 4.79 Å². The normalized spacial score (nSPS) is 12.8. The summed E-state index contributed by atoms with van der Waals surface area (Å²) in [5.41, 5.74) is 1.64. The molecule has 0 bridgehead atoms. The van der Waals surface area contributed by atoms with Gasteiger partial charge in [-0.2, -0.15) is 0 Å². The molecule has 2 aromatic rings. The highest BCUT2D eigenvalue weighted by atomic mass is 16.6. The van der Waals surface area contributed by atoms with Crippen molar-refractivity contribution in [2.45, 2.75) is 6.61 Å². The molecule has 0 fully saturated rings. The van der Waals surface area contributed by atoms with Gasteiger partial charge in [-0.1, -0.05) is 6.07 Å². The lowest BCUT2D eigenvalue weighted by Crippen LogP contribution is -2.15. The predicted octanol–water partition coefficient (Wildman–Crippen LogP) is 2.85. The third-order valence-corrected chi connectivity index (χ3v) is 3.03. The first kappa shape index (κ1) is 12.5. The van der Waals surface area contributed by atoms with E-state index in [1.807, 2.05) is 18.2 Å². The minimum Gasteiger partial charge on any atom is -0.489 e. The highest BCUT2D eigenvalue weighted by Gasteiger charge is 2.11. The van der Waals surface area contributed by atoms with Gasteiger partial charge in [-0.3, -0.25) is 4.79 Å². The molecule has 102 valence electrons. The van der Waals surface area contributed by atoms with Crippen LogP contribution in [0.4, 0.5) is 0 Å². The van der Waals surface area contributed by atoms with E-state index in [2.05, 4.69) is 0 Å². The minimum absolute atomic E-state index is 0.442. The molecule has 3 rings (SSSR count). The van der Waals surface area contributed by atoms with E-state index in [1.165, 1.54) is 0 Å². The molecule has 0 N–H and O–H groups in total. The Kier molecular flexibility index (Phi) is 3.54. The van der Waals surface area contributed by atoms with Crippen molar-refractivity contribution in [1.29, 1.82) is 0 Å². The number of aldehydes is 1. The van der Waals surface area contributed by atoms with Crippen molar-refractivity contribution in [3.8, 4) is 17.2 Å². The zero-order valence-corrected chi connectivity index (χ0v) is 10.9. The molecular weight excluding hydrogens is 256 g/mol. The van der Waals surface area contributed by atoms with Gasteiger partial charge in [0.05, 0.1) is 0 Å². The van der Waals surface area contributed by atoms with Gasteiger partial charge in [0.15, 0.2) is 11.5 Å². The lowest BCUT2D eigenvalue weighted by atomic mass is 10.2. The Bertz CT molecular complexity index is 604. The van der Waals surface area contributed by atoms with Crippen LogP contribution < -0.4 is 14.2 Å². The second kappa shape index (κ2) is 5.65. The molecule has 0 spiro atoms. The van der Waals surface area contributed by atoms with Crippen molar-refractivity contribution >= 4 is 6.29 Å². The van der Waals surface area contributed by atoms with Crippen molar-refractivity contribution in [1.82, 2.24) is 0 Å². The first-order chi connectivity index (χ1) is 9.85.